The first kappa shape index (κ1) is 18.0. The van der Waals surface area contributed by atoms with E-state index in [1.807, 2.05) is 54.6 Å². The van der Waals surface area contributed by atoms with Crippen LogP contribution in [-0.4, -0.2) is 23.3 Å². The highest BCUT2D eigenvalue weighted by atomic mass is 16.3. The molecule has 0 bridgehead atoms. The second-order valence-corrected chi connectivity index (χ2v) is 7.06. The number of rotatable bonds is 6. The number of nitrogens with one attached hydrogen (secondary N) is 1. The van der Waals surface area contributed by atoms with Crippen LogP contribution in [0.25, 0.3) is 0 Å². The monoisotopic (exact) mass is 374 g/mol. The molecule has 2 heterocycles. The number of hydrogen-bond acceptors (Lipinski definition) is 3. The molecule has 1 N–H and O–H groups in total. The fourth-order valence-electron chi connectivity index (χ4n) is 3.71. The molecule has 0 fully saturated rings. The van der Waals surface area contributed by atoms with Crippen molar-refractivity contribution in [1.82, 2.24) is 10.2 Å². The van der Waals surface area contributed by atoms with Gasteiger partial charge in [-0.25, -0.2) is 0 Å². The third-order valence-corrected chi connectivity index (χ3v) is 5.16. The molecule has 2 atom stereocenters. The molecule has 2 unspecified atom stereocenters. The Balaban J connectivity index is 1.58. The molecular weight excluding hydrogens is 352 g/mol. The van der Waals surface area contributed by atoms with Gasteiger partial charge in [-0.05, 0) is 35.2 Å². The minimum absolute atomic E-state index is 0.100. The zero-order valence-electron chi connectivity index (χ0n) is 15.7. The van der Waals surface area contributed by atoms with Gasteiger partial charge in [0.1, 0.15) is 11.8 Å². The predicted octanol–water partition coefficient (Wildman–Crippen LogP) is 3.90. The summed E-state index contributed by atoms with van der Waals surface area (Å²) >= 11 is 0. The van der Waals surface area contributed by atoms with E-state index in [1.54, 1.807) is 23.3 Å². The number of nitrogens with zero attached hydrogens (tertiary/aromatic N) is 1. The van der Waals surface area contributed by atoms with Gasteiger partial charge in [0.05, 0.1) is 12.8 Å². The summed E-state index contributed by atoms with van der Waals surface area (Å²) in [6, 6.07) is 20.3. The van der Waals surface area contributed by atoms with E-state index in [0.29, 0.717) is 24.4 Å². The normalized spacial score (nSPS) is 16.7. The molecule has 4 rings (SSSR count). The molecule has 0 spiro atoms. The zero-order valence-corrected chi connectivity index (χ0v) is 15.7. The molecule has 0 aliphatic carbocycles. The van der Waals surface area contributed by atoms with E-state index in [4.69, 9.17) is 4.42 Å². The Bertz CT molecular complexity index is 967. The number of carbonyl (C=O) groups excluding carboxylic acids is 2. The fourth-order valence-corrected chi connectivity index (χ4v) is 3.71. The summed E-state index contributed by atoms with van der Waals surface area (Å²) in [6.07, 6.45) is 1.57. The number of fused-ring (bicyclic) bond motifs is 1. The lowest BCUT2D eigenvalue weighted by atomic mass is 9.99. The van der Waals surface area contributed by atoms with Gasteiger partial charge in [-0.15, -0.1) is 0 Å². The van der Waals surface area contributed by atoms with E-state index in [0.717, 1.165) is 11.1 Å². The van der Waals surface area contributed by atoms with Crippen LogP contribution < -0.4 is 5.32 Å². The minimum Gasteiger partial charge on any atom is -0.467 e. The molecule has 1 aliphatic rings. The highest BCUT2D eigenvalue weighted by molar-refractivity contribution is 6.04. The van der Waals surface area contributed by atoms with Crippen LogP contribution in [-0.2, 0) is 11.3 Å². The third-order valence-electron chi connectivity index (χ3n) is 5.16. The summed E-state index contributed by atoms with van der Waals surface area (Å²) in [5.74, 6) is 0.487. The highest BCUT2D eigenvalue weighted by Crippen LogP contribution is 2.35. The quantitative estimate of drug-likeness (QED) is 0.712. The Morgan fingerprint density at radius 2 is 1.82 bits per heavy atom. The molecule has 3 aromatic rings. The van der Waals surface area contributed by atoms with Crippen LogP contribution in [0.15, 0.2) is 77.4 Å². The lowest BCUT2D eigenvalue weighted by Crippen LogP contribution is -2.40. The Morgan fingerprint density at radius 1 is 1.07 bits per heavy atom. The van der Waals surface area contributed by atoms with Gasteiger partial charge in [0.15, 0.2) is 0 Å². The van der Waals surface area contributed by atoms with Gasteiger partial charge in [-0.3, -0.25) is 9.59 Å². The molecular formula is C23H22N2O3. The maximum absolute atomic E-state index is 13.0. The van der Waals surface area contributed by atoms with Crippen molar-refractivity contribution >= 4 is 11.8 Å². The molecule has 1 aromatic heterocycles. The van der Waals surface area contributed by atoms with Gasteiger partial charge in [0.25, 0.3) is 5.91 Å². The van der Waals surface area contributed by atoms with E-state index in [2.05, 4.69) is 12.2 Å². The van der Waals surface area contributed by atoms with Crippen LogP contribution in [0.1, 0.15) is 46.1 Å². The van der Waals surface area contributed by atoms with Crippen molar-refractivity contribution in [3.63, 3.8) is 0 Å². The van der Waals surface area contributed by atoms with Crippen molar-refractivity contribution in [3.8, 4) is 0 Å². The summed E-state index contributed by atoms with van der Waals surface area (Å²) in [5.41, 5.74) is 2.49. The smallest absolute Gasteiger partial charge is 0.255 e. The average molecular weight is 374 g/mol. The Labute approximate surface area is 164 Å². The van der Waals surface area contributed by atoms with Crippen LogP contribution in [0.5, 0.6) is 0 Å². The van der Waals surface area contributed by atoms with Crippen LogP contribution in [0.2, 0.25) is 0 Å². The highest BCUT2D eigenvalue weighted by Gasteiger charge is 2.41. The average Bonchev–Trinajstić information content (AvgIpc) is 3.34. The topological polar surface area (TPSA) is 62.6 Å². The van der Waals surface area contributed by atoms with E-state index < -0.39 is 6.04 Å². The van der Waals surface area contributed by atoms with Crippen LogP contribution in [0.4, 0.5) is 0 Å². The standard InChI is InChI=1S/C23H22N2O3/c1-16(17-8-3-2-4-9-17)15-25-21(19-11-5-6-12-20(19)23(25)27)22(26)24-14-18-10-7-13-28-18/h2-13,16,21H,14-15H2,1H3,(H,24,26). The zero-order chi connectivity index (χ0) is 19.5. The predicted molar refractivity (Wildman–Crippen MR) is 106 cm³/mol. The second-order valence-electron chi connectivity index (χ2n) is 7.06. The maximum atomic E-state index is 13.0. The summed E-state index contributed by atoms with van der Waals surface area (Å²) in [6.45, 7) is 2.83. The number of benzene rings is 2. The largest absolute Gasteiger partial charge is 0.467 e. The number of carbonyl (C=O) groups is 2. The van der Waals surface area contributed by atoms with Gasteiger partial charge in [0, 0.05) is 12.1 Å². The van der Waals surface area contributed by atoms with Crippen molar-refractivity contribution in [3.05, 3.63) is 95.4 Å². The second kappa shape index (κ2) is 7.72. The van der Waals surface area contributed by atoms with Gasteiger partial charge < -0.3 is 14.6 Å². The van der Waals surface area contributed by atoms with E-state index in [-0.39, 0.29) is 17.7 Å². The van der Waals surface area contributed by atoms with Crippen molar-refractivity contribution in [1.29, 1.82) is 0 Å². The molecule has 5 heteroatoms. The first-order valence-corrected chi connectivity index (χ1v) is 9.40. The molecule has 0 radical (unpaired) electrons. The summed E-state index contributed by atoms with van der Waals surface area (Å²) in [5, 5.41) is 2.90. The summed E-state index contributed by atoms with van der Waals surface area (Å²) in [4.78, 5) is 27.7. The lowest BCUT2D eigenvalue weighted by molar-refractivity contribution is -0.125. The van der Waals surface area contributed by atoms with Crippen LogP contribution >= 0.6 is 0 Å². The first-order valence-electron chi connectivity index (χ1n) is 9.40. The summed E-state index contributed by atoms with van der Waals surface area (Å²) in [7, 11) is 0. The molecule has 0 saturated heterocycles. The minimum atomic E-state index is -0.634. The molecule has 1 aliphatic heterocycles. The molecule has 28 heavy (non-hydrogen) atoms. The summed E-state index contributed by atoms with van der Waals surface area (Å²) < 4.78 is 5.29. The van der Waals surface area contributed by atoms with Crippen LogP contribution in [0.3, 0.4) is 0 Å². The molecule has 142 valence electrons. The van der Waals surface area contributed by atoms with Gasteiger partial charge >= 0.3 is 0 Å². The molecule has 2 amide bonds. The number of furan rings is 1. The van der Waals surface area contributed by atoms with Crippen LogP contribution in [0, 0.1) is 0 Å². The van der Waals surface area contributed by atoms with Crippen molar-refractivity contribution in [2.24, 2.45) is 0 Å². The van der Waals surface area contributed by atoms with Gasteiger partial charge in [-0.1, -0.05) is 55.5 Å². The molecule has 5 nitrogen and oxygen atoms in total. The molecule has 0 saturated carbocycles. The van der Waals surface area contributed by atoms with Crippen molar-refractivity contribution in [2.45, 2.75) is 25.4 Å². The Hall–Kier alpha value is -3.34. The Morgan fingerprint density at radius 3 is 2.57 bits per heavy atom. The van der Waals surface area contributed by atoms with E-state index >= 15 is 0 Å². The lowest BCUT2D eigenvalue weighted by Gasteiger charge is -2.27. The molecule has 2 aromatic carbocycles. The van der Waals surface area contributed by atoms with E-state index in [1.165, 1.54) is 0 Å². The van der Waals surface area contributed by atoms with Gasteiger partial charge in [-0.2, -0.15) is 0 Å². The van der Waals surface area contributed by atoms with E-state index in [9.17, 15) is 9.59 Å². The number of hydrogen-bond donors (Lipinski definition) is 1. The maximum Gasteiger partial charge on any atom is 0.255 e. The van der Waals surface area contributed by atoms with Crippen molar-refractivity contribution < 1.29 is 14.0 Å². The van der Waals surface area contributed by atoms with Crippen molar-refractivity contribution in [2.75, 3.05) is 6.54 Å². The SMILES string of the molecule is CC(CN1C(=O)c2ccccc2C1C(=O)NCc1ccco1)c1ccccc1. The fraction of sp³-hybridized carbons (Fsp3) is 0.217. The third kappa shape index (κ3) is 3.43. The Kier molecular flexibility index (Phi) is 4.98. The van der Waals surface area contributed by atoms with Gasteiger partial charge in [0.2, 0.25) is 5.91 Å². The first-order chi connectivity index (χ1) is 13.6. The number of amides is 2.